The van der Waals surface area contributed by atoms with Crippen molar-refractivity contribution in [2.75, 3.05) is 18.8 Å². The Labute approximate surface area is 109 Å². The first kappa shape index (κ1) is 14.1. The van der Waals surface area contributed by atoms with Gasteiger partial charge in [0, 0.05) is 23.7 Å². The van der Waals surface area contributed by atoms with E-state index < -0.39 is 17.8 Å². The third kappa shape index (κ3) is 3.01. The van der Waals surface area contributed by atoms with E-state index >= 15 is 0 Å². The van der Waals surface area contributed by atoms with E-state index in [9.17, 15) is 18.3 Å². The molecule has 2 unspecified atom stereocenters. The van der Waals surface area contributed by atoms with Crippen LogP contribution in [0.3, 0.4) is 0 Å². The summed E-state index contributed by atoms with van der Waals surface area (Å²) in [6, 6.07) is 3.68. The van der Waals surface area contributed by atoms with Crippen LogP contribution < -0.4 is 11.1 Å². The molecule has 1 heterocycles. The molecule has 1 aliphatic rings. The van der Waals surface area contributed by atoms with Crippen molar-refractivity contribution in [1.82, 2.24) is 5.32 Å². The van der Waals surface area contributed by atoms with Gasteiger partial charge < -0.3 is 16.2 Å². The fourth-order valence-corrected chi connectivity index (χ4v) is 2.49. The van der Waals surface area contributed by atoms with Crippen LogP contribution in [0.2, 0.25) is 0 Å². The number of nitrogens with one attached hydrogen (secondary N) is 1. The quantitative estimate of drug-likeness (QED) is 0.725. The summed E-state index contributed by atoms with van der Waals surface area (Å²) in [5, 5.41) is 13.4. The zero-order valence-electron chi connectivity index (χ0n) is 10.4. The van der Waals surface area contributed by atoms with Crippen LogP contribution in [0.15, 0.2) is 18.2 Å². The fraction of sp³-hybridized carbons (Fsp3) is 0.538. The molecule has 4 N–H and O–H groups in total. The molecule has 0 aliphatic carbocycles. The maximum atomic E-state index is 12.8. The Morgan fingerprint density at radius 1 is 1.37 bits per heavy atom. The summed E-state index contributed by atoms with van der Waals surface area (Å²) in [5.74, 6) is -0.0977. The lowest BCUT2D eigenvalue weighted by Gasteiger charge is -2.28. The molecule has 2 atom stereocenters. The molecular formula is C13H17F3N2O. The molecule has 19 heavy (non-hydrogen) atoms. The van der Waals surface area contributed by atoms with Gasteiger partial charge in [-0.3, -0.25) is 0 Å². The van der Waals surface area contributed by atoms with E-state index in [-0.39, 0.29) is 17.2 Å². The lowest BCUT2D eigenvalue weighted by Crippen LogP contribution is -2.33. The third-order valence-electron chi connectivity index (χ3n) is 3.55. The molecule has 1 aliphatic heterocycles. The molecule has 0 amide bonds. The predicted octanol–water partition coefficient (Wildman–Crippen LogP) is 2.32. The summed E-state index contributed by atoms with van der Waals surface area (Å²) in [7, 11) is 0. The highest BCUT2D eigenvalue weighted by Gasteiger charge is 2.35. The van der Waals surface area contributed by atoms with Crippen LogP contribution in [-0.2, 0) is 6.18 Å². The standard InChI is InChI=1S/C13H17F3N2O/c14-13(15,16)10-5-1-4-9(11(10)17)12(19)8-3-2-6-18-7-8/h1,4-5,8,12,18-19H,2-3,6-7,17H2. The van der Waals surface area contributed by atoms with E-state index in [0.717, 1.165) is 25.5 Å². The first-order chi connectivity index (χ1) is 8.91. The Hall–Kier alpha value is -1.27. The number of halogens is 3. The Balaban J connectivity index is 2.29. The molecule has 0 saturated carbocycles. The molecule has 6 heteroatoms. The molecule has 1 aromatic rings. The molecule has 0 bridgehead atoms. The van der Waals surface area contributed by atoms with Gasteiger partial charge >= 0.3 is 6.18 Å². The van der Waals surface area contributed by atoms with Crippen molar-refractivity contribution < 1.29 is 18.3 Å². The van der Waals surface area contributed by atoms with Gasteiger partial charge in [-0.1, -0.05) is 12.1 Å². The normalized spacial score (nSPS) is 22.2. The molecule has 1 fully saturated rings. The van der Waals surface area contributed by atoms with Gasteiger partial charge in [-0.15, -0.1) is 0 Å². The van der Waals surface area contributed by atoms with Gasteiger partial charge in [0.1, 0.15) is 0 Å². The fourth-order valence-electron chi connectivity index (χ4n) is 2.49. The van der Waals surface area contributed by atoms with Crippen molar-refractivity contribution in [3.05, 3.63) is 29.3 Å². The van der Waals surface area contributed by atoms with Crippen molar-refractivity contribution in [3.8, 4) is 0 Å². The lowest BCUT2D eigenvalue weighted by atomic mass is 9.88. The highest BCUT2D eigenvalue weighted by atomic mass is 19.4. The van der Waals surface area contributed by atoms with Crippen molar-refractivity contribution in [1.29, 1.82) is 0 Å². The smallest absolute Gasteiger partial charge is 0.398 e. The molecule has 3 nitrogen and oxygen atoms in total. The van der Waals surface area contributed by atoms with Gasteiger partial charge in [0.05, 0.1) is 11.7 Å². The van der Waals surface area contributed by atoms with Gasteiger partial charge in [-0.2, -0.15) is 13.2 Å². The van der Waals surface area contributed by atoms with Crippen molar-refractivity contribution in [2.24, 2.45) is 5.92 Å². The van der Waals surface area contributed by atoms with Crippen molar-refractivity contribution in [3.63, 3.8) is 0 Å². The largest absolute Gasteiger partial charge is 0.418 e. The zero-order valence-corrected chi connectivity index (χ0v) is 10.4. The topological polar surface area (TPSA) is 58.3 Å². The van der Waals surface area contributed by atoms with Gasteiger partial charge in [0.15, 0.2) is 0 Å². The van der Waals surface area contributed by atoms with Gasteiger partial charge in [-0.05, 0) is 25.5 Å². The highest BCUT2D eigenvalue weighted by Crippen LogP contribution is 2.38. The minimum Gasteiger partial charge on any atom is -0.398 e. The van der Waals surface area contributed by atoms with Crippen LogP contribution in [-0.4, -0.2) is 18.2 Å². The van der Waals surface area contributed by atoms with Crippen LogP contribution in [0.4, 0.5) is 18.9 Å². The van der Waals surface area contributed by atoms with Gasteiger partial charge in [0.25, 0.3) is 0 Å². The maximum absolute atomic E-state index is 12.8. The number of hydrogen-bond donors (Lipinski definition) is 3. The summed E-state index contributed by atoms with van der Waals surface area (Å²) in [5.41, 5.74) is 4.50. The number of nitrogens with two attached hydrogens (primary N) is 1. The minimum absolute atomic E-state index is 0.0977. The number of nitrogen functional groups attached to an aromatic ring is 1. The predicted molar refractivity (Wildman–Crippen MR) is 66.4 cm³/mol. The molecule has 0 radical (unpaired) electrons. The van der Waals surface area contributed by atoms with Crippen LogP contribution in [0, 0.1) is 5.92 Å². The average molecular weight is 274 g/mol. The monoisotopic (exact) mass is 274 g/mol. The van der Waals surface area contributed by atoms with E-state index in [0.29, 0.717) is 6.54 Å². The maximum Gasteiger partial charge on any atom is 0.418 e. The molecule has 1 saturated heterocycles. The van der Waals surface area contributed by atoms with Crippen molar-refractivity contribution >= 4 is 5.69 Å². The number of anilines is 1. The average Bonchev–Trinajstić information content (AvgIpc) is 2.38. The van der Waals surface area contributed by atoms with E-state index in [2.05, 4.69) is 5.32 Å². The SMILES string of the molecule is Nc1c(C(O)C2CCCNC2)cccc1C(F)(F)F. The lowest BCUT2D eigenvalue weighted by molar-refractivity contribution is -0.137. The number of para-hydroxylation sites is 1. The number of alkyl halides is 3. The van der Waals surface area contributed by atoms with Gasteiger partial charge in [-0.25, -0.2) is 0 Å². The second kappa shape index (κ2) is 5.38. The number of hydrogen-bond acceptors (Lipinski definition) is 3. The highest BCUT2D eigenvalue weighted by molar-refractivity contribution is 5.56. The summed E-state index contributed by atoms with van der Waals surface area (Å²) in [6.45, 7) is 1.47. The minimum atomic E-state index is -4.50. The van der Waals surface area contributed by atoms with Crippen LogP contribution in [0.5, 0.6) is 0 Å². The van der Waals surface area contributed by atoms with E-state index in [1.807, 2.05) is 0 Å². The zero-order chi connectivity index (χ0) is 14.0. The summed E-state index contributed by atoms with van der Waals surface area (Å²) < 4.78 is 38.3. The van der Waals surface area contributed by atoms with E-state index in [1.54, 1.807) is 0 Å². The van der Waals surface area contributed by atoms with Crippen molar-refractivity contribution in [2.45, 2.75) is 25.1 Å². The second-order valence-corrected chi connectivity index (χ2v) is 4.86. The summed E-state index contributed by atoms with van der Waals surface area (Å²) in [4.78, 5) is 0. The van der Waals surface area contributed by atoms with Crippen LogP contribution in [0.25, 0.3) is 0 Å². The van der Waals surface area contributed by atoms with Crippen LogP contribution >= 0.6 is 0 Å². The molecular weight excluding hydrogens is 257 g/mol. The summed E-state index contributed by atoms with van der Waals surface area (Å²) >= 11 is 0. The first-order valence-corrected chi connectivity index (χ1v) is 6.25. The number of rotatable bonds is 2. The Morgan fingerprint density at radius 3 is 2.68 bits per heavy atom. The van der Waals surface area contributed by atoms with Crippen LogP contribution in [0.1, 0.15) is 30.1 Å². The molecule has 0 aromatic heterocycles. The number of aliphatic hydroxyl groups is 1. The summed E-state index contributed by atoms with van der Waals surface area (Å²) in [6.07, 6.45) is -3.77. The Kier molecular flexibility index (Phi) is 4.01. The Bertz CT molecular complexity index is 442. The first-order valence-electron chi connectivity index (χ1n) is 6.25. The number of piperidine rings is 1. The van der Waals surface area contributed by atoms with E-state index in [1.165, 1.54) is 12.1 Å². The molecule has 1 aromatic carbocycles. The molecule has 2 rings (SSSR count). The van der Waals surface area contributed by atoms with Gasteiger partial charge in [0.2, 0.25) is 0 Å². The number of benzene rings is 1. The third-order valence-corrected chi connectivity index (χ3v) is 3.55. The Morgan fingerprint density at radius 2 is 2.11 bits per heavy atom. The second-order valence-electron chi connectivity index (χ2n) is 4.86. The molecule has 0 spiro atoms. The van der Waals surface area contributed by atoms with E-state index in [4.69, 9.17) is 5.73 Å². The molecule has 106 valence electrons. The number of aliphatic hydroxyl groups excluding tert-OH is 1.